The zero-order chi connectivity index (χ0) is 26.5. The van der Waals surface area contributed by atoms with E-state index in [1.807, 2.05) is 22.8 Å². The van der Waals surface area contributed by atoms with Crippen molar-refractivity contribution in [3.05, 3.63) is 28.7 Å². The van der Waals surface area contributed by atoms with E-state index in [1.54, 1.807) is 10.3 Å². The lowest BCUT2D eigenvalue weighted by atomic mass is 9.94. The number of likely N-dealkylation sites (tertiary alicyclic amines) is 1. The zero-order valence-electron chi connectivity index (χ0n) is 21.6. The van der Waals surface area contributed by atoms with Crippen LogP contribution in [0.5, 0.6) is 0 Å². The first-order valence-electron chi connectivity index (χ1n) is 13.1. The van der Waals surface area contributed by atoms with Crippen LogP contribution in [0.2, 0.25) is 0 Å². The Balaban J connectivity index is 1.18. The van der Waals surface area contributed by atoms with Gasteiger partial charge in [-0.3, -0.25) is 9.69 Å². The highest BCUT2D eigenvalue weighted by Crippen LogP contribution is 2.28. The number of thiazole rings is 1. The Hall–Kier alpha value is -3.34. The molecule has 202 valence electrons. The second kappa shape index (κ2) is 12.0. The van der Waals surface area contributed by atoms with E-state index in [1.165, 1.54) is 11.3 Å². The fourth-order valence-electron chi connectivity index (χ4n) is 5.16. The van der Waals surface area contributed by atoms with E-state index in [-0.39, 0.29) is 17.9 Å². The molecule has 1 N–H and O–H groups in total. The zero-order valence-corrected chi connectivity index (χ0v) is 22.5. The van der Waals surface area contributed by atoms with Crippen LogP contribution in [0.25, 0.3) is 0 Å². The van der Waals surface area contributed by atoms with Crippen LogP contribution in [0.4, 0.5) is 15.7 Å². The second-order valence-corrected chi connectivity index (χ2v) is 10.6. The number of ether oxygens (including phenoxy) is 1. The molecule has 0 bridgehead atoms. The summed E-state index contributed by atoms with van der Waals surface area (Å²) in [5.74, 6) is 1.43. The molecule has 3 saturated heterocycles. The molecule has 5 heterocycles. The summed E-state index contributed by atoms with van der Waals surface area (Å²) >= 11 is 1.36. The summed E-state index contributed by atoms with van der Waals surface area (Å²) in [4.78, 5) is 47.1. The number of rotatable bonds is 5. The van der Waals surface area contributed by atoms with Crippen molar-refractivity contribution in [3.63, 3.8) is 0 Å². The van der Waals surface area contributed by atoms with Crippen LogP contribution < -0.4 is 5.32 Å². The molecule has 5 rings (SSSR count). The number of anilines is 2. The van der Waals surface area contributed by atoms with Gasteiger partial charge in [0.2, 0.25) is 0 Å². The standard InChI is InChI=1S/C25H33N9O3S/c1-18-27-20(19-3-2-5-31(16-19)6-4-26)15-22(28-18)30-24-29-21(17-38-24)23(35)32-7-9-33(10-8-32)25(36)34-11-13-37-14-12-34/h15,17,19H,2-3,5-14,16H2,1H3,(H,27,28,29,30). The maximum absolute atomic E-state index is 13.1. The predicted octanol–water partition coefficient (Wildman–Crippen LogP) is 1.90. The molecule has 0 saturated carbocycles. The number of hydrogen-bond donors (Lipinski definition) is 1. The van der Waals surface area contributed by atoms with E-state index < -0.39 is 0 Å². The fraction of sp³-hybridized carbons (Fsp3) is 0.600. The fourth-order valence-corrected chi connectivity index (χ4v) is 5.85. The first-order valence-corrected chi connectivity index (χ1v) is 14.0. The third-order valence-corrected chi connectivity index (χ3v) is 7.91. The maximum Gasteiger partial charge on any atom is 0.320 e. The molecule has 38 heavy (non-hydrogen) atoms. The molecule has 3 aliphatic heterocycles. The summed E-state index contributed by atoms with van der Waals surface area (Å²) in [7, 11) is 0. The Kier molecular flexibility index (Phi) is 8.31. The Labute approximate surface area is 226 Å². The number of carbonyl (C=O) groups is 2. The molecule has 0 radical (unpaired) electrons. The minimum atomic E-state index is -0.132. The second-order valence-electron chi connectivity index (χ2n) is 9.78. The summed E-state index contributed by atoms with van der Waals surface area (Å²) in [6.45, 7) is 8.39. The Morgan fingerprint density at radius 3 is 2.58 bits per heavy atom. The Morgan fingerprint density at radius 1 is 1.08 bits per heavy atom. The molecule has 1 atom stereocenters. The van der Waals surface area contributed by atoms with Gasteiger partial charge in [-0.1, -0.05) is 0 Å². The number of carbonyl (C=O) groups excluding carboxylic acids is 2. The number of nitrogens with one attached hydrogen (secondary N) is 1. The number of amides is 3. The average Bonchev–Trinajstić information content (AvgIpc) is 3.41. The first-order chi connectivity index (χ1) is 18.5. The highest BCUT2D eigenvalue weighted by Gasteiger charge is 2.29. The van der Waals surface area contributed by atoms with Gasteiger partial charge in [-0.15, -0.1) is 11.3 Å². The van der Waals surface area contributed by atoms with Crippen LogP contribution in [0.1, 0.15) is 40.8 Å². The van der Waals surface area contributed by atoms with Crippen molar-refractivity contribution in [2.75, 3.05) is 77.4 Å². The quantitative estimate of drug-likeness (QED) is 0.566. The topological polar surface area (TPSA) is 131 Å². The van der Waals surface area contributed by atoms with Crippen LogP contribution in [0.3, 0.4) is 0 Å². The number of morpholine rings is 1. The van der Waals surface area contributed by atoms with E-state index in [0.29, 0.717) is 81.5 Å². The van der Waals surface area contributed by atoms with Gasteiger partial charge in [0.15, 0.2) is 5.13 Å². The van der Waals surface area contributed by atoms with E-state index in [0.717, 1.165) is 31.6 Å². The monoisotopic (exact) mass is 539 g/mol. The molecule has 3 fully saturated rings. The minimum absolute atomic E-state index is 0.0195. The molecule has 3 aliphatic rings. The molecular weight excluding hydrogens is 506 g/mol. The van der Waals surface area contributed by atoms with Gasteiger partial charge >= 0.3 is 6.03 Å². The van der Waals surface area contributed by atoms with Crippen molar-refractivity contribution in [1.29, 1.82) is 5.26 Å². The molecule has 0 spiro atoms. The number of piperidine rings is 1. The van der Waals surface area contributed by atoms with Crippen molar-refractivity contribution in [3.8, 4) is 6.07 Å². The summed E-state index contributed by atoms with van der Waals surface area (Å²) in [5, 5.41) is 14.6. The van der Waals surface area contributed by atoms with Crippen molar-refractivity contribution in [2.24, 2.45) is 0 Å². The highest BCUT2D eigenvalue weighted by molar-refractivity contribution is 7.14. The van der Waals surface area contributed by atoms with Crippen LogP contribution in [0.15, 0.2) is 11.4 Å². The summed E-state index contributed by atoms with van der Waals surface area (Å²) in [6, 6.07) is 4.21. The van der Waals surface area contributed by atoms with Gasteiger partial charge in [0.05, 0.1) is 31.5 Å². The third kappa shape index (κ3) is 6.20. The SMILES string of the molecule is Cc1nc(Nc2nc(C(=O)N3CCN(C(=O)N4CCOCC4)CC3)cs2)cc(C2CCCN(CC#N)C2)n1. The van der Waals surface area contributed by atoms with Gasteiger partial charge in [-0.2, -0.15) is 5.26 Å². The summed E-state index contributed by atoms with van der Waals surface area (Å²) < 4.78 is 5.33. The van der Waals surface area contributed by atoms with Crippen LogP contribution in [-0.2, 0) is 4.74 Å². The number of piperazine rings is 1. The van der Waals surface area contributed by atoms with Crippen molar-refractivity contribution in [2.45, 2.75) is 25.7 Å². The van der Waals surface area contributed by atoms with Crippen molar-refractivity contribution < 1.29 is 14.3 Å². The van der Waals surface area contributed by atoms with Gasteiger partial charge in [-0.25, -0.2) is 19.7 Å². The van der Waals surface area contributed by atoms with Crippen molar-refractivity contribution in [1.82, 2.24) is 34.6 Å². The molecule has 13 heteroatoms. The highest BCUT2D eigenvalue weighted by atomic mass is 32.1. The van der Waals surface area contributed by atoms with Crippen LogP contribution >= 0.6 is 11.3 Å². The molecule has 2 aromatic rings. The largest absolute Gasteiger partial charge is 0.378 e. The summed E-state index contributed by atoms with van der Waals surface area (Å²) in [5.41, 5.74) is 1.34. The third-order valence-electron chi connectivity index (χ3n) is 7.15. The lowest BCUT2D eigenvalue weighted by Crippen LogP contribution is -2.55. The Morgan fingerprint density at radius 2 is 1.82 bits per heavy atom. The van der Waals surface area contributed by atoms with Crippen LogP contribution in [0, 0.1) is 18.3 Å². The van der Waals surface area contributed by atoms with E-state index in [4.69, 9.17) is 10.00 Å². The van der Waals surface area contributed by atoms with E-state index in [9.17, 15) is 9.59 Å². The number of nitriles is 1. The van der Waals surface area contributed by atoms with Crippen LogP contribution in [-0.4, -0.2) is 119 Å². The number of aryl methyl sites for hydroxylation is 1. The Bertz CT molecular complexity index is 1180. The molecule has 2 aromatic heterocycles. The molecular formula is C25H33N9O3S. The normalized spacial score (nSPS) is 20.7. The lowest BCUT2D eigenvalue weighted by Gasteiger charge is -2.38. The predicted molar refractivity (Wildman–Crippen MR) is 141 cm³/mol. The van der Waals surface area contributed by atoms with E-state index in [2.05, 4.69) is 31.2 Å². The smallest absolute Gasteiger partial charge is 0.320 e. The minimum Gasteiger partial charge on any atom is -0.378 e. The molecule has 0 aliphatic carbocycles. The van der Waals surface area contributed by atoms with Gasteiger partial charge < -0.3 is 24.8 Å². The number of nitrogens with zero attached hydrogens (tertiary/aromatic N) is 8. The molecule has 0 aromatic carbocycles. The molecule has 12 nitrogen and oxygen atoms in total. The molecule has 3 amide bonds. The number of aromatic nitrogens is 3. The van der Waals surface area contributed by atoms with Gasteiger partial charge in [0.1, 0.15) is 17.3 Å². The lowest BCUT2D eigenvalue weighted by molar-refractivity contribution is 0.0362. The van der Waals surface area contributed by atoms with E-state index >= 15 is 0 Å². The number of hydrogen-bond acceptors (Lipinski definition) is 10. The maximum atomic E-state index is 13.1. The first kappa shape index (κ1) is 26.3. The van der Waals surface area contributed by atoms with Gasteiger partial charge in [0, 0.05) is 63.2 Å². The summed E-state index contributed by atoms with van der Waals surface area (Å²) in [6.07, 6.45) is 2.06. The average molecular weight is 540 g/mol. The van der Waals surface area contributed by atoms with Gasteiger partial charge in [-0.05, 0) is 26.3 Å². The molecule has 1 unspecified atom stereocenters. The van der Waals surface area contributed by atoms with Crippen molar-refractivity contribution >= 4 is 34.2 Å². The number of urea groups is 1. The van der Waals surface area contributed by atoms with Gasteiger partial charge in [0.25, 0.3) is 5.91 Å².